The molecule has 1 aliphatic heterocycles. The van der Waals surface area contributed by atoms with Crippen LogP contribution in [0.25, 0.3) is 0 Å². The number of carboxylic acids is 1. The molecule has 1 rings (SSSR count). The van der Waals surface area contributed by atoms with E-state index in [1.54, 1.807) is 0 Å². The van der Waals surface area contributed by atoms with Crippen LogP contribution in [0.15, 0.2) is 0 Å². The number of nitrogens with zero attached hydrogens (tertiary/aromatic N) is 2. The van der Waals surface area contributed by atoms with E-state index in [2.05, 4.69) is 4.90 Å². The topological polar surface area (TPSA) is 43.8 Å². The highest BCUT2D eigenvalue weighted by molar-refractivity contribution is 5.67. The van der Waals surface area contributed by atoms with Crippen molar-refractivity contribution in [3.63, 3.8) is 0 Å². The smallest absolute Gasteiger partial charge is 0.404 e. The maximum absolute atomic E-state index is 12.8. The fourth-order valence-corrected chi connectivity index (χ4v) is 2.40. The first-order valence-electron chi connectivity index (χ1n) is 5.87. The molecule has 0 radical (unpaired) electrons. The van der Waals surface area contributed by atoms with E-state index in [0.29, 0.717) is 0 Å². The minimum absolute atomic E-state index is 0.179. The number of hydrogen-bond donors (Lipinski definition) is 1. The van der Waals surface area contributed by atoms with Gasteiger partial charge in [-0.3, -0.25) is 9.69 Å². The van der Waals surface area contributed by atoms with Crippen LogP contribution in [0.5, 0.6) is 0 Å². The normalized spacial score (nSPS) is 23.6. The zero-order valence-corrected chi connectivity index (χ0v) is 10.6. The summed E-state index contributed by atoms with van der Waals surface area (Å²) in [6.45, 7) is 1.93. The fourth-order valence-electron chi connectivity index (χ4n) is 2.40. The van der Waals surface area contributed by atoms with Gasteiger partial charge in [-0.1, -0.05) is 0 Å². The Kier molecular flexibility index (Phi) is 4.98. The van der Waals surface area contributed by atoms with Gasteiger partial charge in [-0.25, -0.2) is 0 Å². The van der Waals surface area contributed by atoms with Crippen molar-refractivity contribution >= 4 is 5.97 Å². The van der Waals surface area contributed by atoms with E-state index in [0.717, 1.165) is 24.4 Å². The molecule has 0 bridgehead atoms. The third-order valence-electron chi connectivity index (χ3n) is 3.31. The summed E-state index contributed by atoms with van der Waals surface area (Å²) in [5.74, 6) is -1.24. The van der Waals surface area contributed by atoms with E-state index in [-0.39, 0.29) is 12.5 Å². The number of alkyl halides is 3. The molecule has 0 aromatic heterocycles. The third-order valence-corrected chi connectivity index (χ3v) is 3.31. The quantitative estimate of drug-likeness (QED) is 0.815. The average Bonchev–Trinajstić information content (AvgIpc) is 2.58. The molecule has 2 unspecified atom stereocenters. The summed E-state index contributed by atoms with van der Waals surface area (Å²) in [6, 6.07) is -1.90. The average molecular weight is 268 g/mol. The maximum Gasteiger partial charge on any atom is 0.404 e. The summed E-state index contributed by atoms with van der Waals surface area (Å²) in [7, 11) is 3.28. The fraction of sp³-hybridized carbons (Fsp3) is 0.909. The molecule has 0 aliphatic carbocycles. The molecular formula is C11H19F3N2O2. The van der Waals surface area contributed by atoms with Gasteiger partial charge in [0.05, 0.1) is 6.42 Å². The van der Waals surface area contributed by atoms with Gasteiger partial charge in [0.25, 0.3) is 0 Å². The van der Waals surface area contributed by atoms with Crippen LogP contribution in [0.4, 0.5) is 13.2 Å². The molecule has 18 heavy (non-hydrogen) atoms. The van der Waals surface area contributed by atoms with Crippen LogP contribution in [0.3, 0.4) is 0 Å². The molecule has 0 spiro atoms. The molecule has 1 aliphatic rings. The Morgan fingerprint density at radius 3 is 2.56 bits per heavy atom. The van der Waals surface area contributed by atoms with E-state index in [1.807, 2.05) is 7.05 Å². The van der Waals surface area contributed by atoms with Crippen molar-refractivity contribution in [2.24, 2.45) is 5.92 Å². The van der Waals surface area contributed by atoms with Gasteiger partial charge in [0.15, 0.2) is 0 Å². The van der Waals surface area contributed by atoms with Crippen LogP contribution >= 0.6 is 0 Å². The van der Waals surface area contributed by atoms with Crippen molar-refractivity contribution in [2.45, 2.75) is 25.1 Å². The molecule has 0 saturated carbocycles. The largest absolute Gasteiger partial charge is 0.481 e. The van der Waals surface area contributed by atoms with Gasteiger partial charge in [-0.2, -0.15) is 13.2 Å². The lowest BCUT2D eigenvalue weighted by atomic mass is 10.1. The van der Waals surface area contributed by atoms with Crippen LogP contribution in [0.1, 0.15) is 12.8 Å². The summed E-state index contributed by atoms with van der Waals surface area (Å²) in [5, 5.41) is 8.56. The van der Waals surface area contributed by atoms with Crippen LogP contribution in [-0.2, 0) is 4.79 Å². The number of aliphatic carboxylic acids is 1. The van der Waals surface area contributed by atoms with Crippen molar-refractivity contribution < 1.29 is 23.1 Å². The monoisotopic (exact) mass is 268 g/mol. The molecule has 106 valence electrons. The Morgan fingerprint density at radius 2 is 2.17 bits per heavy atom. The van der Waals surface area contributed by atoms with E-state index in [4.69, 9.17) is 5.11 Å². The maximum atomic E-state index is 12.8. The number of likely N-dealkylation sites (tertiary alicyclic amines) is 1. The van der Waals surface area contributed by atoms with Gasteiger partial charge >= 0.3 is 12.1 Å². The summed E-state index contributed by atoms with van der Waals surface area (Å²) in [6.07, 6.45) is -4.54. The first-order chi connectivity index (χ1) is 8.20. The Labute approximate surface area is 104 Å². The number of carbonyl (C=O) groups is 1. The lowest BCUT2D eigenvalue weighted by molar-refractivity contribution is -0.188. The van der Waals surface area contributed by atoms with E-state index in [1.165, 1.54) is 7.05 Å². The minimum atomic E-state index is -4.50. The molecule has 7 heteroatoms. The van der Waals surface area contributed by atoms with Gasteiger partial charge in [0.2, 0.25) is 0 Å². The lowest BCUT2D eigenvalue weighted by Crippen LogP contribution is -2.46. The van der Waals surface area contributed by atoms with Gasteiger partial charge in [0, 0.05) is 13.1 Å². The standard InChI is InChI=1S/C11H19F3N2O2/c1-15-4-3-8(6-15)7-16(2)9(5-10(17)18)11(12,13)14/h8-9H,3-7H2,1-2H3,(H,17,18). The van der Waals surface area contributed by atoms with Crippen molar-refractivity contribution in [3.05, 3.63) is 0 Å². The highest BCUT2D eigenvalue weighted by Crippen LogP contribution is 2.28. The molecule has 1 saturated heterocycles. The Morgan fingerprint density at radius 1 is 1.56 bits per heavy atom. The third kappa shape index (κ3) is 4.45. The SMILES string of the molecule is CN1CCC(CN(C)C(CC(=O)O)C(F)(F)F)C1. The van der Waals surface area contributed by atoms with Gasteiger partial charge in [-0.15, -0.1) is 0 Å². The van der Waals surface area contributed by atoms with Crippen LogP contribution in [0.2, 0.25) is 0 Å². The summed E-state index contributed by atoms with van der Waals surface area (Å²) in [4.78, 5) is 13.7. The summed E-state index contributed by atoms with van der Waals surface area (Å²) < 4.78 is 38.3. The van der Waals surface area contributed by atoms with Crippen LogP contribution < -0.4 is 0 Å². The lowest BCUT2D eigenvalue weighted by Gasteiger charge is -2.30. The highest BCUT2D eigenvalue weighted by Gasteiger charge is 2.44. The van der Waals surface area contributed by atoms with Gasteiger partial charge in [0.1, 0.15) is 6.04 Å². The second-order valence-electron chi connectivity index (χ2n) is 5.01. The highest BCUT2D eigenvalue weighted by atomic mass is 19.4. The molecular weight excluding hydrogens is 249 g/mol. The summed E-state index contributed by atoms with van der Waals surface area (Å²) >= 11 is 0. The van der Waals surface area contributed by atoms with Gasteiger partial charge in [-0.05, 0) is 33.0 Å². The Balaban J connectivity index is 2.59. The molecule has 0 aromatic carbocycles. The number of hydrogen-bond acceptors (Lipinski definition) is 3. The molecule has 4 nitrogen and oxygen atoms in total. The minimum Gasteiger partial charge on any atom is -0.481 e. The molecule has 1 fully saturated rings. The van der Waals surface area contributed by atoms with Crippen molar-refractivity contribution in [3.8, 4) is 0 Å². The predicted molar refractivity (Wildman–Crippen MR) is 60.3 cm³/mol. The first-order valence-corrected chi connectivity index (χ1v) is 5.87. The second kappa shape index (κ2) is 5.88. The van der Waals surface area contributed by atoms with Crippen LogP contribution in [0, 0.1) is 5.92 Å². The second-order valence-corrected chi connectivity index (χ2v) is 5.01. The number of halogens is 3. The Hall–Kier alpha value is -0.820. The van der Waals surface area contributed by atoms with Crippen molar-refractivity contribution in [1.82, 2.24) is 9.80 Å². The Bertz CT molecular complexity index is 297. The van der Waals surface area contributed by atoms with E-state index < -0.39 is 24.6 Å². The first kappa shape index (κ1) is 15.2. The van der Waals surface area contributed by atoms with Crippen molar-refractivity contribution in [2.75, 3.05) is 33.7 Å². The number of rotatable bonds is 5. The van der Waals surface area contributed by atoms with E-state index in [9.17, 15) is 18.0 Å². The van der Waals surface area contributed by atoms with Gasteiger partial charge < -0.3 is 10.0 Å². The van der Waals surface area contributed by atoms with Crippen LogP contribution in [-0.4, -0.2) is 66.8 Å². The summed E-state index contributed by atoms with van der Waals surface area (Å²) in [5.41, 5.74) is 0. The molecule has 2 atom stereocenters. The van der Waals surface area contributed by atoms with E-state index >= 15 is 0 Å². The molecule has 1 N–H and O–H groups in total. The molecule has 0 amide bonds. The molecule has 0 aromatic rings. The molecule has 1 heterocycles. The number of carboxylic acid groups (broad SMARTS) is 1. The van der Waals surface area contributed by atoms with Crippen molar-refractivity contribution in [1.29, 1.82) is 0 Å². The zero-order chi connectivity index (χ0) is 13.9. The predicted octanol–water partition coefficient (Wildman–Crippen LogP) is 1.28. The zero-order valence-electron chi connectivity index (χ0n) is 10.6.